The third-order valence-corrected chi connectivity index (χ3v) is 6.36. The lowest BCUT2D eigenvalue weighted by Gasteiger charge is -2.41. The summed E-state index contributed by atoms with van der Waals surface area (Å²) in [5.74, 6) is -0.723. The van der Waals surface area contributed by atoms with Crippen molar-refractivity contribution in [3.8, 4) is 0 Å². The topological polar surface area (TPSA) is 57.6 Å². The lowest BCUT2D eigenvalue weighted by molar-refractivity contribution is -0.138. The molecule has 1 aliphatic rings. The molecule has 1 aromatic carbocycles. The van der Waals surface area contributed by atoms with E-state index in [2.05, 4.69) is 53.7 Å². The molecule has 0 saturated heterocycles. The van der Waals surface area contributed by atoms with Crippen LogP contribution in [0.25, 0.3) is 0 Å². The molecule has 2 rings (SSSR count). The van der Waals surface area contributed by atoms with Gasteiger partial charge in [-0.2, -0.15) is 0 Å². The zero-order valence-electron chi connectivity index (χ0n) is 19.2. The minimum Gasteiger partial charge on any atom is -0.481 e. The molecule has 0 unspecified atom stereocenters. The maximum Gasteiger partial charge on any atom is 0.305 e. The van der Waals surface area contributed by atoms with Crippen LogP contribution in [-0.4, -0.2) is 28.4 Å². The highest BCUT2D eigenvalue weighted by Crippen LogP contribution is 2.43. The van der Waals surface area contributed by atoms with Gasteiger partial charge >= 0.3 is 5.97 Å². The van der Waals surface area contributed by atoms with E-state index in [4.69, 9.17) is 16.7 Å². The van der Waals surface area contributed by atoms with Gasteiger partial charge in [0.25, 0.3) is 0 Å². The summed E-state index contributed by atoms with van der Waals surface area (Å²) in [7, 11) is 0. The van der Waals surface area contributed by atoms with Crippen LogP contribution < -0.4 is 0 Å². The van der Waals surface area contributed by atoms with Crippen LogP contribution in [0, 0.1) is 11.3 Å². The Morgan fingerprint density at radius 3 is 2.50 bits per heavy atom. The Morgan fingerprint density at radius 2 is 1.97 bits per heavy atom. The van der Waals surface area contributed by atoms with Gasteiger partial charge in [-0.25, -0.2) is 0 Å². The molecule has 1 aliphatic heterocycles. The maximum atomic E-state index is 12.8. The van der Waals surface area contributed by atoms with Crippen LogP contribution in [0.1, 0.15) is 78.4 Å². The molecule has 0 spiro atoms. The molecule has 0 radical (unpaired) electrons. The quantitative estimate of drug-likeness (QED) is 0.529. The van der Waals surface area contributed by atoms with Crippen molar-refractivity contribution in [3.05, 3.63) is 46.1 Å². The number of rotatable bonds is 8. The van der Waals surface area contributed by atoms with Crippen LogP contribution in [0.15, 0.2) is 30.0 Å². The molecule has 1 heterocycles. The molecule has 5 heteroatoms. The third kappa shape index (κ3) is 6.10. The molecule has 0 aliphatic carbocycles. The molecule has 0 bridgehead atoms. The molecule has 1 amide bonds. The van der Waals surface area contributed by atoms with Gasteiger partial charge < -0.3 is 10.0 Å². The Labute approximate surface area is 186 Å². The SMILES string of the molecule is CC(C)C1=CN(CCC(=O)O)C(=O)C[C@]1(C)c1ccc(CCCC(C)(C)C)c(Cl)c1. The van der Waals surface area contributed by atoms with E-state index < -0.39 is 11.4 Å². The molecule has 4 nitrogen and oxygen atoms in total. The number of aryl methyl sites for hydroxylation is 1. The van der Waals surface area contributed by atoms with E-state index in [1.807, 2.05) is 12.3 Å². The highest BCUT2D eigenvalue weighted by atomic mass is 35.5. The van der Waals surface area contributed by atoms with Crippen molar-refractivity contribution in [1.82, 2.24) is 4.90 Å². The number of carbonyl (C=O) groups excluding carboxylic acids is 1. The molecule has 0 fully saturated rings. The number of allylic oxidation sites excluding steroid dienone is 1. The number of carboxylic acid groups (broad SMARTS) is 1. The van der Waals surface area contributed by atoms with Gasteiger partial charge in [0.05, 0.1) is 6.42 Å². The summed E-state index contributed by atoms with van der Waals surface area (Å²) in [4.78, 5) is 25.3. The lowest BCUT2D eigenvalue weighted by atomic mass is 9.68. The number of hydrogen-bond acceptors (Lipinski definition) is 2. The zero-order chi connectivity index (χ0) is 22.7. The van der Waals surface area contributed by atoms with E-state index in [-0.39, 0.29) is 24.8 Å². The van der Waals surface area contributed by atoms with Crippen LogP contribution in [0.3, 0.4) is 0 Å². The first-order valence-electron chi connectivity index (χ1n) is 10.9. The van der Waals surface area contributed by atoms with Crippen LogP contribution in [0.2, 0.25) is 5.02 Å². The Morgan fingerprint density at radius 1 is 1.30 bits per heavy atom. The van der Waals surface area contributed by atoms with Gasteiger partial charge in [0, 0.05) is 29.6 Å². The molecular weight excluding hydrogens is 398 g/mol. The number of aliphatic carboxylic acids is 1. The highest BCUT2D eigenvalue weighted by molar-refractivity contribution is 6.31. The summed E-state index contributed by atoms with van der Waals surface area (Å²) in [5.41, 5.74) is 3.18. The largest absolute Gasteiger partial charge is 0.481 e. The average molecular weight is 434 g/mol. The van der Waals surface area contributed by atoms with Crippen LogP contribution >= 0.6 is 11.6 Å². The molecule has 166 valence electrons. The Balaban J connectivity index is 2.29. The Bertz CT molecular complexity index is 822. The molecule has 30 heavy (non-hydrogen) atoms. The minimum absolute atomic E-state index is 0.0477. The van der Waals surface area contributed by atoms with E-state index in [0.29, 0.717) is 11.8 Å². The van der Waals surface area contributed by atoms with Crippen LogP contribution in [0.5, 0.6) is 0 Å². The number of hydrogen-bond donors (Lipinski definition) is 1. The predicted molar refractivity (Wildman–Crippen MR) is 123 cm³/mol. The van der Waals surface area contributed by atoms with Crippen molar-refractivity contribution in [2.75, 3.05) is 6.54 Å². The van der Waals surface area contributed by atoms with Crippen molar-refractivity contribution in [2.45, 2.75) is 79.1 Å². The first kappa shape index (κ1) is 24.5. The summed E-state index contributed by atoms with van der Waals surface area (Å²) in [6.45, 7) is 13.3. The van der Waals surface area contributed by atoms with E-state index in [1.54, 1.807) is 4.90 Å². The smallest absolute Gasteiger partial charge is 0.305 e. The molecule has 1 aromatic rings. The summed E-state index contributed by atoms with van der Waals surface area (Å²) in [6, 6.07) is 6.23. The van der Waals surface area contributed by atoms with Gasteiger partial charge in [-0.05, 0) is 53.4 Å². The molecule has 0 saturated carbocycles. The van der Waals surface area contributed by atoms with Gasteiger partial charge in [-0.3, -0.25) is 9.59 Å². The van der Waals surface area contributed by atoms with Gasteiger partial charge in [0.1, 0.15) is 0 Å². The van der Waals surface area contributed by atoms with Crippen molar-refractivity contribution in [2.24, 2.45) is 11.3 Å². The number of amides is 1. The zero-order valence-corrected chi connectivity index (χ0v) is 20.0. The highest BCUT2D eigenvalue weighted by Gasteiger charge is 2.40. The molecule has 0 aromatic heterocycles. The van der Waals surface area contributed by atoms with Crippen LogP contribution in [-0.2, 0) is 21.4 Å². The summed E-state index contributed by atoms with van der Waals surface area (Å²) in [5, 5.41) is 9.73. The van der Waals surface area contributed by atoms with E-state index in [1.165, 1.54) is 0 Å². The number of carboxylic acids is 1. The Kier molecular flexibility index (Phi) is 7.79. The fraction of sp³-hybridized carbons (Fsp3) is 0.600. The number of carbonyl (C=O) groups is 2. The van der Waals surface area contributed by atoms with Gasteiger partial charge in [0.15, 0.2) is 0 Å². The minimum atomic E-state index is -0.899. The molecule has 1 N–H and O–H groups in total. The summed E-state index contributed by atoms with van der Waals surface area (Å²) < 4.78 is 0. The van der Waals surface area contributed by atoms with E-state index >= 15 is 0 Å². The second kappa shape index (κ2) is 9.55. The summed E-state index contributed by atoms with van der Waals surface area (Å²) >= 11 is 6.66. The normalized spacial score (nSPS) is 19.9. The fourth-order valence-electron chi connectivity index (χ4n) is 4.25. The van der Waals surface area contributed by atoms with E-state index in [9.17, 15) is 9.59 Å². The third-order valence-electron chi connectivity index (χ3n) is 6.01. The standard InChI is InChI=1S/C25H36ClNO3/c1-17(2)20-16-27(13-11-23(29)30)22(28)15-25(20,6)19-10-9-18(21(26)14-19)8-7-12-24(3,4)5/h9-10,14,16-17H,7-8,11-13,15H2,1-6H3,(H,29,30)/t25-/m1/s1. The number of halogens is 1. The second-order valence-electron chi connectivity index (χ2n) is 10.2. The average Bonchev–Trinajstić information content (AvgIpc) is 2.60. The van der Waals surface area contributed by atoms with Gasteiger partial charge in [-0.15, -0.1) is 0 Å². The van der Waals surface area contributed by atoms with Gasteiger partial charge in [0.2, 0.25) is 5.91 Å². The molecule has 1 atom stereocenters. The predicted octanol–water partition coefficient (Wildman–Crippen LogP) is 6.21. The van der Waals surface area contributed by atoms with Gasteiger partial charge in [-0.1, -0.05) is 65.3 Å². The van der Waals surface area contributed by atoms with Crippen molar-refractivity contribution in [1.29, 1.82) is 0 Å². The number of benzene rings is 1. The second-order valence-corrected chi connectivity index (χ2v) is 10.6. The summed E-state index contributed by atoms with van der Waals surface area (Å²) in [6.07, 6.45) is 5.31. The first-order valence-corrected chi connectivity index (χ1v) is 11.2. The van der Waals surface area contributed by atoms with Crippen LogP contribution in [0.4, 0.5) is 0 Å². The lowest BCUT2D eigenvalue weighted by Crippen LogP contribution is -2.42. The first-order chi connectivity index (χ1) is 13.8. The Hall–Kier alpha value is -1.81. The maximum absolute atomic E-state index is 12.8. The van der Waals surface area contributed by atoms with Crippen molar-refractivity contribution >= 4 is 23.5 Å². The molecular formula is C25H36ClNO3. The number of nitrogens with zero attached hydrogens (tertiary/aromatic N) is 1. The van der Waals surface area contributed by atoms with Crippen molar-refractivity contribution in [3.63, 3.8) is 0 Å². The monoisotopic (exact) mass is 433 g/mol. The fourth-order valence-corrected chi connectivity index (χ4v) is 4.53. The van der Waals surface area contributed by atoms with E-state index in [0.717, 1.165) is 41.0 Å². The van der Waals surface area contributed by atoms with Crippen molar-refractivity contribution < 1.29 is 14.7 Å².